The molecule has 0 bridgehead atoms. The third-order valence-electron chi connectivity index (χ3n) is 2.24. The Morgan fingerprint density at radius 1 is 1.24 bits per heavy atom. The number of hydrogen-bond donors (Lipinski definition) is 1. The summed E-state index contributed by atoms with van der Waals surface area (Å²) < 4.78 is 14.0. The van der Waals surface area contributed by atoms with E-state index in [1.807, 2.05) is 0 Å². The fourth-order valence-electron chi connectivity index (χ4n) is 1.42. The number of nitrogens with zero attached hydrogens (tertiary/aromatic N) is 2. The largest absolute Gasteiger partial charge is 0.325 e. The van der Waals surface area contributed by atoms with Crippen LogP contribution >= 0.6 is 23.2 Å². The molecule has 6 heteroatoms. The van der Waals surface area contributed by atoms with Gasteiger partial charge in [-0.15, -0.1) is 0 Å². The van der Waals surface area contributed by atoms with Crippen LogP contribution in [0.5, 0.6) is 0 Å². The normalized spacial score (nSPS) is 10.6. The predicted molar refractivity (Wildman–Crippen MR) is 65.3 cm³/mol. The highest BCUT2D eigenvalue weighted by molar-refractivity contribution is 6.35. The summed E-state index contributed by atoms with van der Waals surface area (Å²) in [5.74, 6) is -0.570. The molecular weight excluding hydrogens is 264 g/mol. The van der Waals surface area contributed by atoms with E-state index in [9.17, 15) is 4.39 Å². The molecule has 0 unspecified atom stereocenters. The van der Waals surface area contributed by atoms with Crippen LogP contribution < -0.4 is 5.73 Å². The van der Waals surface area contributed by atoms with Crippen molar-refractivity contribution in [3.8, 4) is 11.3 Å². The van der Waals surface area contributed by atoms with E-state index in [-0.39, 0.29) is 17.9 Å². The minimum absolute atomic E-state index is 0.000458. The van der Waals surface area contributed by atoms with Gasteiger partial charge in [0.25, 0.3) is 0 Å². The van der Waals surface area contributed by atoms with Crippen LogP contribution in [-0.4, -0.2) is 9.97 Å². The number of aromatic nitrogens is 2. The zero-order chi connectivity index (χ0) is 12.4. The van der Waals surface area contributed by atoms with Crippen LogP contribution in [0.2, 0.25) is 10.0 Å². The van der Waals surface area contributed by atoms with Gasteiger partial charge in [0.05, 0.1) is 10.7 Å². The molecule has 1 aromatic carbocycles. The minimum atomic E-state index is -0.570. The van der Waals surface area contributed by atoms with Gasteiger partial charge in [-0.1, -0.05) is 23.2 Å². The second kappa shape index (κ2) is 4.96. The molecule has 2 rings (SSSR count). The van der Waals surface area contributed by atoms with Gasteiger partial charge in [0.15, 0.2) is 5.82 Å². The van der Waals surface area contributed by atoms with E-state index in [4.69, 9.17) is 28.9 Å². The quantitative estimate of drug-likeness (QED) is 0.914. The average molecular weight is 272 g/mol. The number of nitrogens with two attached hydrogens (primary N) is 1. The maximum absolute atomic E-state index is 14.0. The van der Waals surface area contributed by atoms with Crippen LogP contribution in [-0.2, 0) is 6.54 Å². The van der Waals surface area contributed by atoms with Gasteiger partial charge in [-0.05, 0) is 18.2 Å². The lowest BCUT2D eigenvalue weighted by atomic mass is 10.1. The van der Waals surface area contributed by atoms with Crippen LogP contribution in [0, 0.1) is 5.82 Å². The molecule has 0 aliphatic carbocycles. The lowest BCUT2D eigenvalue weighted by Gasteiger charge is -2.07. The zero-order valence-electron chi connectivity index (χ0n) is 8.62. The Morgan fingerprint density at radius 3 is 2.71 bits per heavy atom. The highest BCUT2D eigenvalue weighted by atomic mass is 35.5. The monoisotopic (exact) mass is 271 g/mol. The maximum Gasteiger partial charge on any atom is 0.172 e. The molecule has 1 aromatic heterocycles. The van der Waals surface area contributed by atoms with Crippen molar-refractivity contribution in [2.45, 2.75) is 6.54 Å². The summed E-state index contributed by atoms with van der Waals surface area (Å²) in [5, 5.41) is 0.826. The lowest BCUT2D eigenvalue weighted by molar-refractivity contribution is 0.596. The van der Waals surface area contributed by atoms with E-state index < -0.39 is 5.82 Å². The smallest absolute Gasteiger partial charge is 0.172 e. The van der Waals surface area contributed by atoms with E-state index in [1.165, 1.54) is 6.33 Å². The van der Waals surface area contributed by atoms with Gasteiger partial charge in [-0.3, -0.25) is 0 Å². The van der Waals surface area contributed by atoms with Crippen molar-refractivity contribution in [2.75, 3.05) is 0 Å². The van der Waals surface area contributed by atoms with Crippen molar-refractivity contribution < 1.29 is 4.39 Å². The van der Waals surface area contributed by atoms with Gasteiger partial charge in [0, 0.05) is 17.1 Å². The number of benzene rings is 1. The van der Waals surface area contributed by atoms with Gasteiger partial charge >= 0.3 is 0 Å². The van der Waals surface area contributed by atoms with Crippen molar-refractivity contribution in [3.63, 3.8) is 0 Å². The molecule has 0 spiro atoms. The molecule has 17 heavy (non-hydrogen) atoms. The van der Waals surface area contributed by atoms with Crippen LogP contribution in [0.3, 0.4) is 0 Å². The molecule has 1 heterocycles. The topological polar surface area (TPSA) is 51.8 Å². The molecule has 0 saturated heterocycles. The SMILES string of the molecule is NCc1ncnc(-c2cc(Cl)ccc2Cl)c1F. The molecule has 88 valence electrons. The molecule has 2 N–H and O–H groups in total. The highest BCUT2D eigenvalue weighted by Crippen LogP contribution is 2.31. The summed E-state index contributed by atoms with van der Waals surface area (Å²) in [5.41, 5.74) is 6.05. The Bertz CT molecular complexity index is 560. The van der Waals surface area contributed by atoms with Crippen molar-refractivity contribution in [1.29, 1.82) is 0 Å². The highest BCUT2D eigenvalue weighted by Gasteiger charge is 2.14. The Kier molecular flexibility index (Phi) is 3.57. The van der Waals surface area contributed by atoms with Crippen molar-refractivity contribution in [1.82, 2.24) is 9.97 Å². The summed E-state index contributed by atoms with van der Waals surface area (Å²) in [4.78, 5) is 7.62. The summed E-state index contributed by atoms with van der Waals surface area (Å²) in [6.07, 6.45) is 1.25. The van der Waals surface area contributed by atoms with E-state index in [1.54, 1.807) is 18.2 Å². The molecule has 0 amide bonds. The fourth-order valence-corrected chi connectivity index (χ4v) is 1.79. The lowest BCUT2D eigenvalue weighted by Crippen LogP contribution is -2.05. The third-order valence-corrected chi connectivity index (χ3v) is 2.80. The Balaban J connectivity index is 2.64. The van der Waals surface area contributed by atoms with Crippen LogP contribution in [0.15, 0.2) is 24.5 Å². The average Bonchev–Trinajstić information content (AvgIpc) is 2.33. The van der Waals surface area contributed by atoms with Crippen molar-refractivity contribution in [3.05, 3.63) is 46.1 Å². The second-order valence-corrected chi connectivity index (χ2v) is 4.15. The minimum Gasteiger partial charge on any atom is -0.325 e. The first kappa shape index (κ1) is 12.2. The third kappa shape index (κ3) is 2.39. The molecule has 3 nitrogen and oxygen atoms in total. The summed E-state index contributed by atoms with van der Waals surface area (Å²) >= 11 is 11.8. The Morgan fingerprint density at radius 2 is 2.00 bits per heavy atom. The second-order valence-electron chi connectivity index (χ2n) is 3.31. The van der Waals surface area contributed by atoms with E-state index in [0.717, 1.165) is 0 Å². The molecule has 0 atom stereocenters. The predicted octanol–water partition coefficient (Wildman–Crippen LogP) is 3.05. The maximum atomic E-state index is 14.0. The molecule has 0 aliphatic rings. The molecule has 0 radical (unpaired) electrons. The zero-order valence-corrected chi connectivity index (χ0v) is 10.1. The van der Waals surface area contributed by atoms with Gasteiger partial charge in [-0.2, -0.15) is 0 Å². The van der Waals surface area contributed by atoms with Crippen LogP contribution in [0.4, 0.5) is 4.39 Å². The van der Waals surface area contributed by atoms with E-state index in [2.05, 4.69) is 9.97 Å². The summed E-state index contributed by atoms with van der Waals surface area (Å²) in [6, 6.07) is 4.76. The van der Waals surface area contributed by atoms with Crippen molar-refractivity contribution in [2.24, 2.45) is 5.73 Å². The molecule has 0 saturated carbocycles. The molecular formula is C11H8Cl2FN3. The van der Waals surface area contributed by atoms with Gasteiger partial charge in [0.2, 0.25) is 0 Å². The van der Waals surface area contributed by atoms with Gasteiger partial charge < -0.3 is 5.73 Å². The summed E-state index contributed by atoms with van der Waals surface area (Å²) in [7, 11) is 0. The van der Waals surface area contributed by atoms with E-state index in [0.29, 0.717) is 15.6 Å². The van der Waals surface area contributed by atoms with Gasteiger partial charge in [-0.25, -0.2) is 14.4 Å². The standard InChI is InChI=1S/C11H8Cl2FN3/c12-6-1-2-8(13)7(3-6)11-10(14)9(4-15)16-5-17-11/h1-3,5H,4,15H2. The first-order valence-corrected chi connectivity index (χ1v) is 5.54. The molecule has 0 aliphatic heterocycles. The number of hydrogen-bond acceptors (Lipinski definition) is 3. The first-order valence-electron chi connectivity index (χ1n) is 4.78. The number of halogens is 3. The fraction of sp³-hybridized carbons (Fsp3) is 0.0909. The summed E-state index contributed by atoms with van der Waals surface area (Å²) in [6.45, 7) is -0.000458. The van der Waals surface area contributed by atoms with E-state index >= 15 is 0 Å². The molecule has 2 aromatic rings. The van der Waals surface area contributed by atoms with Crippen molar-refractivity contribution >= 4 is 23.2 Å². The Hall–Kier alpha value is -1.23. The number of rotatable bonds is 2. The van der Waals surface area contributed by atoms with Gasteiger partial charge in [0.1, 0.15) is 12.0 Å². The Labute approximate surface area is 107 Å². The van der Waals surface area contributed by atoms with Crippen LogP contribution in [0.25, 0.3) is 11.3 Å². The van der Waals surface area contributed by atoms with Crippen LogP contribution in [0.1, 0.15) is 5.69 Å². The molecule has 0 fully saturated rings. The first-order chi connectivity index (χ1) is 8.13.